The number of rotatable bonds is 4. The Labute approximate surface area is 138 Å². The third-order valence-corrected chi connectivity index (χ3v) is 3.77. The van der Waals surface area contributed by atoms with Crippen molar-refractivity contribution in [3.05, 3.63) is 70.6 Å². The molecule has 5 nitrogen and oxygen atoms in total. The number of hydrogen-bond acceptors (Lipinski definition) is 3. The molecule has 0 atom stereocenters. The van der Waals surface area contributed by atoms with Crippen LogP contribution in [0.3, 0.4) is 0 Å². The summed E-state index contributed by atoms with van der Waals surface area (Å²) in [6, 6.07) is 11.4. The van der Waals surface area contributed by atoms with Gasteiger partial charge in [0.1, 0.15) is 5.15 Å². The van der Waals surface area contributed by atoms with Crippen LogP contribution in [0.25, 0.3) is 11.3 Å². The van der Waals surface area contributed by atoms with Gasteiger partial charge in [-0.1, -0.05) is 35.4 Å². The van der Waals surface area contributed by atoms with Crippen LogP contribution in [-0.4, -0.2) is 21.1 Å². The van der Waals surface area contributed by atoms with Crippen molar-refractivity contribution >= 4 is 17.5 Å². The van der Waals surface area contributed by atoms with E-state index >= 15 is 0 Å². The lowest BCUT2D eigenvalue weighted by Crippen LogP contribution is -2.23. The minimum Gasteiger partial charge on any atom is -0.348 e. The van der Waals surface area contributed by atoms with Crippen LogP contribution in [0, 0.1) is 6.92 Å². The number of benzene rings is 1. The highest BCUT2D eigenvalue weighted by Crippen LogP contribution is 2.22. The molecule has 0 bridgehead atoms. The number of nitrogens with one attached hydrogen (secondary N) is 2. The lowest BCUT2D eigenvalue weighted by molar-refractivity contribution is 0.0951. The highest BCUT2D eigenvalue weighted by Gasteiger charge is 2.13. The van der Waals surface area contributed by atoms with Gasteiger partial charge in [0.25, 0.3) is 5.91 Å². The van der Waals surface area contributed by atoms with Gasteiger partial charge in [-0.25, -0.2) is 4.98 Å². The molecule has 0 unspecified atom stereocenters. The summed E-state index contributed by atoms with van der Waals surface area (Å²) in [5, 5.41) is 10.1. The average Bonchev–Trinajstić information content (AvgIpc) is 3.01. The van der Waals surface area contributed by atoms with Gasteiger partial charge in [-0.15, -0.1) is 0 Å². The number of amides is 1. The molecule has 0 saturated heterocycles. The Morgan fingerprint density at radius 3 is 2.96 bits per heavy atom. The van der Waals surface area contributed by atoms with Crippen LogP contribution in [0.1, 0.15) is 21.5 Å². The fraction of sp³-hybridized carbons (Fsp3) is 0.118. The first-order valence-electron chi connectivity index (χ1n) is 7.13. The summed E-state index contributed by atoms with van der Waals surface area (Å²) in [4.78, 5) is 16.1. The van der Waals surface area contributed by atoms with Crippen LogP contribution >= 0.6 is 11.6 Å². The molecule has 0 aliphatic heterocycles. The zero-order valence-corrected chi connectivity index (χ0v) is 13.3. The maximum Gasteiger partial charge on any atom is 0.254 e. The zero-order valence-electron chi connectivity index (χ0n) is 12.5. The number of nitrogens with zero attached hydrogens (tertiary/aromatic N) is 2. The second-order valence-electron chi connectivity index (χ2n) is 5.16. The molecule has 3 rings (SSSR count). The van der Waals surface area contributed by atoms with Crippen LogP contribution in [0.15, 0.2) is 48.8 Å². The van der Waals surface area contributed by atoms with Gasteiger partial charge in [0.15, 0.2) is 0 Å². The average molecular weight is 327 g/mol. The standard InChI is InChI=1S/C17H15ClN4O/c1-11-4-2-5-12(8-11)15-13(10-21-22-15)9-20-17(23)14-6-3-7-19-16(14)18/h2-8,10H,9H2,1H3,(H,20,23)(H,21,22). The number of H-pyrrole nitrogens is 1. The molecule has 116 valence electrons. The topological polar surface area (TPSA) is 70.7 Å². The van der Waals surface area contributed by atoms with Crippen LogP contribution in [0.2, 0.25) is 5.15 Å². The van der Waals surface area contributed by atoms with Crippen molar-refractivity contribution in [3.8, 4) is 11.3 Å². The highest BCUT2D eigenvalue weighted by molar-refractivity contribution is 6.32. The number of carbonyl (C=O) groups is 1. The minimum absolute atomic E-state index is 0.191. The second kappa shape index (κ2) is 6.62. The van der Waals surface area contributed by atoms with Gasteiger partial charge >= 0.3 is 0 Å². The smallest absolute Gasteiger partial charge is 0.254 e. The predicted octanol–water partition coefficient (Wildman–Crippen LogP) is 3.36. The Morgan fingerprint density at radius 1 is 1.30 bits per heavy atom. The van der Waals surface area contributed by atoms with Crippen molar-refractivity contribution < 1.29 is 4.79 Å². The molecule has 0 aliphatic carbocycles. The monoisotopic (exact) mass is 326 g/mol. The minimum atomic E-state index is -0.264. The maximum absolute atomic E-state index is 12.2. The Hall–Kier alpha value is -2.66. The van der Waals surface area contributed by atoms with Crippen molar-refractivity contribution in [3.63, 3.8) is 0 Å². The van der Waals surface area contributed by atoms with E-state index in [2.05, 4.69) is 26.6 Å². The summed E-state index contributed by atoms with van der Waals surface area (Å²) >= 11 is 5.93. The summed E-state index contributed by atoms with van der Waals surface area (Å²) < 4.78 is 0. The van der Waals surface area contributed by atoms with Crippen molar-refractivity contribution in [2.45, 2.75) is 13.5 Å². The first-order valence-corrected chi connectivity index (χ1v) is 7.51. The summed E-state index contributed by atoms with van der Waals surface area (Å²) in [6.45, 7) is 2.38. The normalized spacial score (nSPS) is 10.5. The van der Waals surface area contributed by atoms with Gasteiger partial charge in [-0.3, -0.25) is 9.89 Å². The summed E-state index contributed by atoms with van der Waals surface area (Å²) in [6.07, 6.45) is 3.26. The molecule has 3 aromatic rings. The summed E-state index contributed by atoms with van der Waals surface area (Å²) in [7, 11) is 0. The van der Waals surface area contributed by atoms with E-state index in [0.29, 0.717) is 12.1 Å². The molecule has 2 N–H and O–H groups in total. The highest BCUT2D eigenvalue weighted by atomic mass is 35.5. The molecule has 1 amide bonds. The largest absolute Gasteiger partial charge is 0.348 e. The van der Waals surface area contributed by atoms with E-state index in [1.54, 1.807) is 24.5 Å². The van der Waals surface area contributed by atoms with Crippen molar-refractivity contribution in [1.82, 2.24) is 20.5 Å². The van der Waals surface area contributed by atoms with Gasteiger partial charge in [-0.2, -0.15) is 5.10 Å². The number of aromatic nitrogens is 3. The number of halogens is 1. The molecule has 0 saturated carbocycles. The third-order valence-electron chi connectivity index (χ3n) is 3.47. The van der Waals surface area contributed by atoms with Gasteiger partial charge < -0.3 is 5.32 Å². The van der Waals surface area contributed by atoms with Crippen LogP contribution < -0.4 is 5.32 Å². The maximum atomic E-state index is 12.2. The number of pyridine rings is 1. The predicted molar refractivity (Wildman–Crippen MR) is 89.2 cm³/mol. The quantitative estimate of drug-likeness (QED) is 0.722. The second-order valence-corrected chi connectivity index (χ2v) is 5.52. The number of hydrogen-bond donors (Lipinski definition) is 2. The molecule has 0 radical (unpaired) electrons. The molecule has 1 aromatic carbocycles. The number of aryl methyl sites for hydroxylation is 1. The van der Waals surface area contributed by atoms with Gasteiger partial charge in [0.05, 0.1) is 17.5 Å². The first kappa shape index (κ1) is 15.2. The molecule has 0 spiro atoms. The van der Waals surface area contributed by atoms with E-state index in [4.69, 9.17) is 11.6 Å². The van der Waals surface area contributed by atoms with E-state index in [1.807, 2.05) is 25.1 Å². The fourth-order valence-electron chi connectivity index (χ4n) is 2.32. The molecular formula is C17H15ClN4O. The van der Waals surface area contributed by atoms with Gasteiger partial charge in [0.2, 0.25) is 0 Å². The molecular weight excluding hydrogens is 312 g/mol. The molecule has 2 aromatic heterocycles. The van der Waals surface area contributed by atoms with Crippen LogP contribution in [0.5, 0.6) is 0 Å². The fourth-order valence-corrected chi connectivity index (χ4v) is 2.53. The van der Waals surface area contributed by atoms with E-state index in [-0.39, 0.29) is 11.1 Å². The van der Waals surface area contributed by atoms with Gasteiger partial charge in [0, 0.05) is 23.9 Å². The Bertz CT molecular complexity index is 844. The Balaban J connectivity index is 1.76. The molecule has 0 aliphatic rings. The van der Waals surface area contributed by atoms with E-state index < -0.39 is 0 Å². The molecule has 0 fully saturated rings. The van der Waals surface area contributed by atoms with Crippen molar-refractivity contribution in [2.75, 3.05) is 0 Å². The summed E-state index contributed by atoms with van der Waals surface area (Å²) in [5.41, 5.74) is 4.35. The molecule has 2 heterocycles. The van der Waals surface area contributed by atoms with E-state index in [0.717, 1.165) is 22.4 Å². The molecule has 6 heteroatoms. The van der Waals surface area contributed by atoms with Crippen LogP contribution in [-0.2, 0) is 6.54 Å². The third kappa shape index (κ3) is 3.40. The van der Waals surface area contributed by atoms with E-state index in [9.17, 15) is 4.79 Å². The lowest BCUT2D eigenvalue weighted by Gasteiger charge is -2.07. The zero-order chi connectivity index (χ0) is 16.2. The van der Waals surface area contributed by atoms with E-state index in [1.165, 1.54) is 0 Å². The number of carbonyl (C=O) groups excluding carboxylic acids is 1. The Kier molecular flexibility index (Phi) is 4.39. The van der Waals surface area contributed by atoms with Crippen molar-refractivity contribution in [1.29, 1.82) is 0 Å². The van der Waals surface area contributed by atoms with Gasteiger partial charge in [-0.05, 0) is 25.1 Å². The molecule has 23 heavy (non-hydrogen) atoms. The number of aromatic amines is 1. The Morgan fingerprint density at radius 2 is 2.17 bits per heavy atom. The van der Waals surface area contributed by atoms with Crippen LogP contribution in [0.4, 0.5) is 0 Å². The SMILES string of the molecule is Cc1cccc(-c2[nH]ncc2CNC(=O)c2cccnc2Cl)c1. The lowest BCUT2D eigenvalue weighted by atomic mass is 10.1. The first-order chi connectivity index (χ1) is 11.1. The summed E-state index contributed by atoms with van der Waals surface area (Å²) in [5.74, 6) is -0.264. The van der Waals surface area contributed by atoms with Crippen molar-refractivity contribution in [2.24, 2.45) is 0 Å².